The monoisotopic (exact) mass is 456 g/mol. The van der Waals surface area contributed by atoms with Gasteiger partial charge in [-0.25, -0.2) is 9.97 Å². The summed E-state index contributed by atoms with van der Waals surface area (Å²) in [5.74, 6) is 0.491. The summed E-state index contributed by atoms with van der Waals surface area (Å²) >= 11 is 1.44. The number of hydrogen-bond donors (Lipinski definition) is 2. The predicted molar refractivity (Wildman–Crippen MR) is 136 cm³/mol. The van der Waals surface area contributed by atoms with Crippen LogP contribution < -0.4 is 5.32 Å². The number of hydrogen-bond acceptors (Lipinski definition) is 4. The number of imidazole rings is 1. The van der Waals surface area contributed by atoms with Gasteiger partial charge in [0.05, 0.1) is 16.6 Å². The Bertz CT molecular complexity index is 1180. The standard InChI is InChI=1S/C27H28N4OS/c1-5-22(26(32)29-23-16-19(4)14-15-28-23)33-27-30-24(20-10-6-17(2)7-11-20)25(31-27)21-12-8-18(3)9-13-21/h6-16,22H,5H2,1-4H3,(H,30,31)(H,28,29,32). The maximum atomic E-state index is 13.0. The van der Waals surface area contributed by atoms with Crippen LogP contribution in [0, 0.1) is 20.8 Å². The Morgan fingerprint density at radius 3 is 2.18 bits per heavy atom. The minimum atomic E-state index is -0.296. The third-order valence-corrected chi connectivity index (χ3v) is 6.68. The molecule has 0 saturated carbocycles. The van der Waals surface area contributed by atoms with E-state index in [9.17, 15) is 4.79 Å². The minimum Gasteiger partial charge on any atom is -0.332 e. The van der Waals surface area contributed by atoms with Crippen molar-refractivity contribution in [2.75, 3.05) is 5.32 Å². The molecule has 0 aliphatic carbocycles. The molecular weight excluding hydrogens is 428 g/mol. The van der Waals surface area contributed by atoms with Crippen LogP contribution in [0.25, 0.3) is 22.5 Å². The number of thioether (sulfide) groups is 1. The molecule has 0 aliphatic rings. The van der Waals surface area contributed by atoms with E-state index >= 15 is 0 Å². The minimum absolute atomic E-state index is 0.0780. The first-order chi connectivity index (χ1) is 15.9. The molecule has 2 aromatic carbocycles. The molecular formula is C27H28N4OS. The number of aromatic amines is 1. The van der Waals surface area contributed by atoms with Gasteiger partial charge in [-0.05, 0) is 44.9 Å². The lowest BCUT2D eigenvalue weighted by molar-refractivity contribution is -0.115. The van der Waals surface area contributed by atoms with E-state index in [-0.39, 0.29) is 11.2 Å². The molecule has 4 aromatic rings. The first kappa shape index (κ1) is 22.8. The van der Waals surface area contributed by atoms with Crippen LogP contribution in [0.15, 0.2) is 72.0 Å². The third-order valence-electron chi connectivity index (χ3n) is 5.43. The molecule has 0 saturated heterocycles. The molecule has 5 nitrogen and oxygen atoms in total. The summed E-state index contributed by atoms with van der Waals surface area (Å²) in [7, 11) is 0. The van der Waals surface area contributed by atoms with E-state index in [4.69, 9.17) is 4.98 Å². The molecule has 4 rings (SSSR count). The molecule has 1 amide bonds. The molecule has 33 heavy (non-hydrogen) atoms. The van der Waals surface area contributed by atoms with Crippen molar-refractivity contribution in [2.45, 2.75) is 44.5 Å². The van der Waals surface area contributed by atoms with Gasteiger partial charge in [0.1, 0.15) is 5.82 Å². The van der Waals surface area contributed by atoms with Crippen molar-refractivity contribution < 1.29 is 4.79 Å². The molecule has 1 atom stereocenters. The van der Waals surface area contributed by atoms with Crippen molar-refractivity contribution in [1.82, 2.24) is 15.0 Å². The second-order valence-corrected chi connectivity index (χ2v) is 9.41. The molecule has 2 N–H and O–H groups in total. The predicted octanol–water partition coefficient (Wildman–Crippen LogP) is 6.57. The number of benzene rings is 2. The highest BCUT2D eigenvalue weighted by atomic mass is 32.2. The normalized spacial score (nSPS) is 11.9. The van der Waals surface area contributed by atoms with Crippen LogP contribution in [0.1, 0.15) is 30.0 Å². The maximum absolute atomic E-state index is 13.0. The summed E-state index contributed by atoms with van der Waals surface area (Å²) in [5, 5.41) is 3.37. The zero-order chi connectivity index (χ0) is 23.4. The zero-order valence-corrected chi connectivity index (χ0v) is 20.2. The summed E-state index contributed by atoms with van der Waals surface area (Å²) in [5.41, 5.74) is 7.41. The Hall–Kier alpha value is -3.38. The number of aromatic nitrogens is 3. The Morgan fingerprint density at radius 1 is 0.939 bits per heavy atom. The average molecular weight is 457 g/mol. The van der Waals surface area contributed by atoms with Gasteiger partial charge in [-0.3, -0.25) is 4.79 Å². The van der Waals surface area contributed by atoms with Gasteiger partial charge in [0, 0.05) is 17.3 Å². The summed E-state index contributed by atoms with van der Waals surface area (Å²) in [4.78, 5) is 25.6. The molecule has 6 heteroatoms. The average Bonchev–Trinajstić information content (AvgIpc) is 3.22. The number of anilines is 1. The molecule has 1 unspecified atom stereocenters. The summed E-state index contributed by atoms with van der Waals surface area (Å²) < 4.78 is 0. The van der Waals surface area contributed by atoms with E-state index in [1.807, 2.05) is 26.0 Å². The fourth-order valence-electron chi connectivity index (χ4n) is 3.53. The summed E-state index contributed by atoms with van der Waals surface area (Å²) in [6.07, 6.45) is 2.37. The fraction of sp³-hybridized carbons (Fsp3) is 0.222. The Balaban J connectivity index is 1.63. The second-order valence-electron chi connectivity index (χ2n) is 8.22. The number of rotatable bonds is 7. The van der Waals surface area contributed by atoms with Gasteiger partial charge < -0.3 is 10.3 Å². The summed E-state index contributed by atoms with van der Waals surface area (Å²) in [6.45, 7) is 8.13. The van der Waals surface area contributed by atoms with Crippen LogP contribution >= 0.6 is 11.8 Å². The molecule has 2 heterocycles. The third kappa shape index (κ3) is 5.52. The number of H-pyrrole nitrogens is 1. The topological polar surface area (TPSA) is 70.7 Å². The van der Waals surface area contributed by atoms with Crippen molar-refractivity contribution in [3.8, 4) is 22.5 Å². The van der Waals surface area contributed by atoms with Crippen molar-refractivity contribution in [3.05, 3.63) is 83.6 Å². The van der Waals surface area contributed by atoms with E-state index in [2.05, 4.69) is 77.7 Å². The molecule has 0 radical (unpaired) electrons. The Kier molecular flexibility index (Phi) is 6.94. The fourth-order valence-corrected chi connectivity index (χ4v) is 4.43. The van der Waals surface area contributed by atoms with E-state index in [0.717, 1.165) is 33.2 Å². The first-order valence-electron chi connectivity index (χ1n) is 11.1. The Labute approximate surface area is 199 Å². The van der Waals surface area contributed by atoms with Crippen molar-refractivity contribution >= 4 is 23.5 Å². The molecule has 2 aromatic heterocycles. The first-order valence-corrected chi connectivity index (χ1v) is 11.9. The van der Waals surface area contributed by atoms with Gasteiger partial charge in [0.2, 0.25) is 5.91 Å². The highest BCUT2D eigenvalue weighted by Gasteiger charge is 2.22. The van der Waals surface area contributed by atoms with Gasteiger partial charge in [-0.15, -0.1) is 0 Å². The van der Waals surface area contributed by atoms with Crippen LogP contribution in [0.3, 0.4) is 0 Å². The number of nitrogens with zero attached hydrogens (tertiary/aromatic N) is 2. The van der Waals surface area contributed by atoms with Gasteiger partial charge >= 0.3 is 0 Å². The second kappa shape index (κ2) is 10.0. The van der Waals surface area contributed by atoms with Crippen LogP contribution in [0.4, 0.5) is 5.82 Å². The molecule has 0 aliphatic heterocycles. The van der Waals surface area contributed by atoms with Crippen LogP contribution in [-0.4, -0.2) is 26.1 Å². The quantitative estimate of drug-likeness (QED) is 0.308. The van der Waals surface area contributed by atoms with Crippen LogP contribution in [0.2, 0.25) is 0 Å². The molecule has 168 valence electrons. The number of carbonyl (C=O) groups is 1. The maximum Gasteiger partial charge on any atom is 0.239 e. The lowest BCUT2D eigenvalue weighted by Gasteiger charge is -2.13. The lowest BCUT2D eigenvalue weighted by atomic mass is 10.0. The Morgan fingerprint density at radius 2 is 1.58 bits per heavy atom. The SMILES string of the molecule is CCC(Sc1nc(-c2ccc(C)cc2)c(-c2ccc(C)cc2)[nH]1)C(=O)Nc1cc(C)ccn1. The van der Waals surface area contributed by atoms with Gasteiger partial charge in [0.15, 0.2) is 5.16 Å². The van der Waals surface area contributed by atoms with E-state index in [0.29, 0.717) is 12.2 Å². The van der Waals surface area contributed by atoms with E-state index in [1.54, 1.807) is 6.20 Å². The van der Waals surface area contributed by atoms with E-state index < -0.39 is 0 Å². The smallest absolute Gasteiger partial charge is 0.239 e. The zero-order valence-electron chi connectivity index (χ0n) is 19.3. The number of pyridine rings is 1. The number of nitrogens with one attached hydrogen (secondary N) is 2. The molecule has 0 fully saturated rings. The highest BCUT2D eigenvalue weighted by molar-refractivity contribution is 8.00. The van der Waals surface area contributed by atoms with Gasteiger partial charge in [-0.2, -0.15) is 0 Å². The molecule has 0 bridgehead atoms. The number of carbonyl (C=O) groups excluding carboxylic acids is 1. The highest BCUT2D eigenvalue weighted by Crippen LogP contribution is 2.35. The van der Waals surface area contributed by atoms with Crippen molar-refractivity contribution in [2.24, 2.45) is 0 Å². The molecule has 0 spiro atoms. The van der Waals surface area contributed by atoms with Gasteiger partial charge in [-0.1, -0.05) is 78.3 Å². The summed E-state index contributed by atoms with van der Waals surface area (Å²) in [6, 6.07) is 20.5. The van der Waals surface area contributed by atoms with Crippen LogP contribution in [0.5, 0.6) is 0 Å². The lowest BCUT2D eigenvalue weighted by Crippen LogP contribution is -2.25. The van der Waals surface area contributed by atoms with E-state index in [1.165, 1.54) is 22.9 Å². The van der Waals surface area contributed by atoms with Crippen LogP contribution in [-0.2, 0) is 4.79 Å². The van der Waals surface area contributed by atoms with Crippen molar-refractivity contribution in [1.29, 1.82) is 0 Å². The number of aryl methyl sites for hydroxylation is 3. The number of amides is 1. The van der Waals surface area contributed by atoms with Gasteiger partial charge in [0.25, 0.3) is 0 Å². The van der Waals surface area contributed by atoms with Crippen molar-refractivity contribution in [3.63, 3.8) is 0 Å². The largest absolute Gasteiger partial charge is 0.332 e.